The van der Waals surface area contributed by atoms with Crippen molar-refractivity contribution in [1.29, 1.82) is 0 Å². The molecule has 19 heavy (non-hydrogen) atoms. The highest BCUT2D eigenvalue weighted by Gasteiger charge is 2.11. The van der Waals surface area contributed by atoms with Crippen molar-refractivity contribution in [3.63, 3.8) is 0 Å². The molecule has 6 heteroatoms. The standard InChI is InChI=1S/C13H10BrFN2OS/c1-7-2-4-9(12(16)19)13(17-7)18-8-3-5-10(14)11(15)6-8/h2-6H,1H3,(H2,16,19). The molecular formula is C13H10BrFN2OS. The molecule has 2 rings (SSSR count). The number of hydrogen-bond acceptors (Lipinski definition) is 3. The number of halogens is 2. The van der Waals surface area contributed by atoms with Crippen molar-refractivity contribution in [2.45, 2.75) is 6.92 Å². The second kappa shape index (κ2) is 5.63. The summed E-state index contributed by atoms with van der Waals surface area (Å²) >= 11 is 8.01. The van der Waals surface area contributed by atoms with Gasteiger partial charge in [0.2, 0.25) is 5.88 Å². The maximum atomic E-state index is 13.4. The van der Waals surface area contributed by atoms with Crippen LogP contribution < -0.4 is 10.5 Å². The molecule has 0 aliphatic heterocycles. The lowest BCUT2D eigenvalue weighted by atomic mass is 10.2. The normalized spacial score (nSPS) is 10.3. The zero-order chi connectivity index (χ0) is 14.0. The van der Waals surface area contributed by atoms with E-state index in [1.165, 1.54) is 6.07 Å². The highest BCUT2D eigenvalue weighted by atomic mass is 79.9. The Morgan fingerprint density at radius 1 is 1.37 bits per heavy atom. The van der Waals surface area contributed by atoms with E-state index in [4.69, 9.17) is 22.7 Å². The van der Waals surface area contributed by atoms with Crippen molar-refractivity contribution in [2.75, 3.05) is 0 Å². The van der Waals surface area contributed by atoms with Crippen LogP contribution in [0.25, 0.3) is 0 Å². The number of pyridine rings is 1. The summed E-state index contributed by atoms with van der Waals surface area (Å²) in [7, 11) is 0. The van der Waals surface area contributed by atoms with E-state index < -0.39 is 5.82 Å². The molecule has 98 valence electrons. The van der Waals surface area contributed by atoms with Crippen molar-refractivity contribution in [3.05, 3.63) is 51.9 Å². The molecule has 0 aliphatic carbocycles. The number of hydrogen-bond donors (Lipinski definition) is 1. The van der Waals surface area contributed by atoms with Crippen molar-refractivity contribution in [1.82, 2.24) is 4.98 Å². The van der Waals surface area contributed by atoms with Crippen LogP contribution in [0.1, 0.15) is 11.3 Å². The van der Waals surface area contributed by atoms with Gasteiger partial charge in [0.1, 0.15) is 16.6 Å². The smallest absolute Gasteiger partial charge is 0.229 e. The van der Waals surface area contributed by atoms with Crippen LogP contribution in [0.4, 0.5) is 4.39 Å². The number of nitrogens with two attached hydrogens (primary N) is 1. The molecule has 0 bridgehead atoms. The SMILES string of the molecule is Cc1ccc(C(N)=S)c(Oc2ccc(Br)c(F)c2)n1. The van der Waals surface area contributed by atoms with E-state index in [9.17, 15) is 4.39 Å². The average molecular weight is 341 g/mol. The van der Waals surface area contributed by atoms with Gasteiger partial charge >= 0.3 is 0 Å². The highest BCUT2D eigenvalue weighted by molar-refractivity contribution is 9.10. The maximum absolute atomic E-state index is 13.4. The van der Waals surface area contributed by atoms with E-state index in [-0.39, 0.29) is 10.9 Å². The van der Waals surface area contributed by atoms with Crippen molar-refractivity contribution < 1.29 is 9.13 Å². The van der Waals surface area contributed by atoms with E-state index in [0.29, 0.717) is 15.8 Å². The molecule has 1 aromatic heterocycles. The van der Waals surface area contributed by atoms with Gasteiger partial charge in [-0.2, -0.15) is 0 Å². The Kier molecular flexibility index (Phi) is 4.11. The molecular weight excluding hydrogens is 331 g/mol. The summed E-state index contributed by atoms with van der Waals surface area (Å²) in [6.07, 6.45) is 0. The van der Waals surface area contributed by atoms with Gasteiger partial charge in [0.25, 0.3) is 0 Å². The number of thiocarbonyl (C=S) groups is 1. The van der Waals surface area contributed by atoms with E-state index in [1.54, 1.807) is 24.3 Å². The minimum absolute atomic E-state index is 0.181. The predicted octanol–water partition coefficient (Wildman–Crippen LogP) is 3.72. The van der Waals surface area contributed by atoms with E-state index in [1.807, 2.05) is 6.92 Å². The second-order valence-corrected chi connectivity index (χ2v) is 5.14. The Hall–Kier alpha value is -1.53. The van der Waals surface area contributed by atoms with Crippen LogP contribution in [0.15, 0.2) is 34.8 Å². The van der Waals surface area contributed by atoms with Crippen LogP contribution >= 0.6 is 28.1 Å². The van der Waals surface area contributed by atoms with Crippen LogP contribution in [-0.2, 0) is 0 Å². The summed E-state index contributed by atoms with van der Waals surface area (Å²) in [6.45, 7) is 1.82. The molecule has 2 aromatic rings. The molecule has 0 atom stereocenters. The first-order chi connectivity index (χ1) is 8.97. The third-order valence-electron chi connectivity index (χ3n) is 2.37. The fraction of sp³-hybridized carbons (Fsp3) is 0.0769. The number of aromatic nitrogens is 1. The maximum Gasteiger partial charge on any atom is 0.229 e. The second-order valence-electron chi connectivity index (χ2n) is 3.85. The van der Waals surface area contributed by atoms with Crippen LogP contribution in [0, 0.1) is 12.7 Å². The molecule has 0 amide bonds. The third kappa shape index (κ3) is 3.27. The number of benzene rings is 1. The first-order valence-electron chi connectivity index (χ1n) is 5.37. The van der Waals surface area contributed by atoms with E-state index >= 15 is 0 Å². The summed E-state index contributed by atoms with van der Waals surface area (Å²) in [5.41, 5.74) is 6.88. The summed E-state index contributed by atoms with van der Waals surface area (Å²) in [5.74, 6) is 0.188. The lowest BCUT2D eigenvalue weighted by molar-refractivity contribution is 0.455. The summed E-state index contributed by atoms with van der Waals surface area (Å²) in [6, 6.07) is 7.96. The fourth-order valence-corrected chi connectivity index (χ4v) is 1.85. The Morgan fingerprint density at radius 2 is 2.11 bits per heavy atom. The Morgan fingerprint density at radius 3 is 2.74 bits per heavy atom. The van der Waals surface area contributed by atoms with Crippen LogP contribution in [0.3, 0.4) is 0 Å². The molecule has 0 unspecified atom stereocenters. The van der Waals surface area contributed by atoms with E-state index in [0.717, 1.165) is 5.69 Å². The van der Waals surface area contributed by atoms with Gasteiger partial charge < -0.3 is 10.5 Å². The van der Waals surface area contributed by atoms with Crippen molar-refractivity contribution in [3.8, 4) is 11.6 Å². The molecule has 2 N–H and O–H groups in total. The number of aryl methyl sites for hydroxylation is 1. The summed E-state index contributed by atoms with van der Waals surface area (Å²) < 4.78 is 19.3. The Labute approximate surface area is 123 Å². The minimum Gasteiger partial charge on any atom is -0.438 e. The predicted molar refractivity (Wildman–Crippen MR) is 79.0 cm³/mol. The summed E-state index contributed by atoms with van der Waals surface area (Å²) in [5, 5.41) is 0. The fourth-order valence-electron chi connectivity index (χ4n) is 1.45. The van der Waals surface area contributed by atoms with Crippen LogP contribution in [0.2, 0.25) is 0 Å². The molecule has 3 nitrogen and oxygen atoms in total. The Balaban J connectivity index is 2.39. The minimum atomic E-state index is -0.415. The number of rotatable bonds is 3. The zero-order valence-electron chi connectivity index (χ0n) is 9.98. The van der Waals surface area contributed by atoms with Gasteiger partial charge in [0.15, 0.2) is 0 Å². The largest absolute Gasteiger partial charge is 0.438 e. The number of ether oxygens (including phenoxy) is 1. The van der Waals surface area contributed by atoms with Gasteiger partial charge in [-0.15, -0.1) is 0 Å². The highest BCUT2D eigenvalue weighted by Crippen LogP contribution is 2.27. The average Bonchev–Trinajstić information content (AvgIpc) is 2.33. The summed E-state index contributed by atoms with van der Waals surface area (Å²) in [4.78, 5) is 4.40. The van der Waals surface area contributed by atoms with Crippen molar-refractivity contribution in [2.24, 2.45) is 5.73 Å². The molecule has 0 saturated heterocycles. The first kappa shape index (κ1) is 13.9. The Bertz CT molecular complexity index is 649. The topological polar surface area (TPSA) is 48.1 Å². The van der Waals surface area contributed by atoms with Gasteiger partial charge in [-0.3, -0.25) is 0 Å². The third-order valence-corrected chi connectivity index (χ3v) is 3.23. The molecule has 0 spiro atoms. The van der Waals surface area contributed by atoms with Crippen LogP contribution in [-0.4, -0.2) is 9.97 Å². The first-order valence-corrected chi connectivity index (χ1v) is 6.58. The molecule has 0 saturated carbocycles. The van der Waals surface area contributed by atoms with Crippen LogP contribution in [0.5, 0.6) is 11.6 Å². The molecule has 0 fully saturated rings. The zero-order valence-corrected chi connectivity index (χ0v) is 12.4. The lowest BCUT2D eigenvalue weighted by Gasteiger charge is -2.10. The van der Waals surface area contributed by atoms with Gasteiger partial charge in [0, 0.05) is 11.8 Å². The molecule has 1 heterocycles. The molecule has 0 aliphatic rings. The van der Waals surface area contributed by atoms with Gasteiger partial charge in [-0.25, -0.2) is 9.37 Å². The lowest BCUT2D eigenvalue weighted by Crippen LogP contribution is -2.12. The molecule has 1 aromatic carbocycles. The number of nitrogens with zero attached hydrogens (tertiary/aromatic N) is 1. The van der Waals surface area contributed by atoms with Crippen molar-refractivity contribution >= 4 is 33.1 Å². The molecule has 0 radical (unpaired) electrons. The van der Waals surface area contributed by atoms with Gasteiger partial charge in [-0.1, -0.05) is 12.2 Å². The van der Waals surface area contributed by atoms with E-state index in [2.05, 4.69) is 20.9 Å². The van der Waals surface area contributed by atoms with Gasteiger partial charge in [0.05, 0.1) is 10.0 Å². The quantitative estimate of drug-likeness (QED) is 0.865. The van der Waals surface area contributed by atoms with Gasteiger partial charge in [-0.05, 0) is 47.1 Å². The monoisotopic (exact) mass is 340 g/mol.